The molecule has 2 N–H and O–H groups in total. The summed E-state index contributed by atoms with van der Waals surface area (Å²) in [7, 11) is 1.81. The summed E-state index contributed by atoms with van der Waals surface area (Å²) in [5.74, 6) is 0.429. The van der Waals surface area contributed by atoms with Gasteiger partial charge in [-0.05, 0) is 36.4 Å². The first-order valence-corrected chi connectivity index (χ1v) is 11.2. The van der Waals surface area contributed by atoms with Gasteiger partial charge in [-0.1, -0.05) is 52.6 Å². The number of halogens is 3. The molecule has 0 bridgehead atoms. The first-order valence-electron chi connectivity index (χ1n) is 9.13. The van der Waals surface area contributed by atoms with Crippen LogP contribution >= 0.6 is 46.6 Å². The van der Waals surface area contributed by atoms with Crippen molar-refractivity contribution in [1.29, 1.82) is 0 Å². The molecule has 3 aromatic rings. The van der Waals surface area contributed by atoms with Crippen LogP contribution < -0.4 is 10.6 Å². The molecule has 2 amide bonds. The molecule has 0 saturated heterocycles. The van der Waals surface area contributed by atoms with Gasteiger partial charge in [0.05, 0.1) is 15.8 Å². The largest absolute Gasteiger partial charge is 0.352 e. The fourth-order valence-electron chi connectivity index (χ4n) is 2.61. The Hall–Kier alpha value is -2.26. The number of anilines is 1. The van der Waals surface area contributed by atoms with Gasteiger partial charge >= 0.3 is 0 Å². The van der Waals surface area contributed by atoms with Crippen LogP contribution in [0, 0.1) is 0 Å². The molecule has 0 atom stereocenters. The lowest BCUT2D eigenvalue weighted by Gasteiger charge is -2.07. The molecular weight excluding hydrogens is 481 g/mol. The van der Waals surface area contributed by atoms with Crippen molar-refractivity contribution in [3.63, 3.8) is 0 Å². The Bertz CT molecular complexity index is 1110. The topological polar surface area (TPSA) is 88.9 Å². The van der Waals surface area contributed by atoms with Crippen LogP contribution in [-0.2, 0) is 18.3 Å². The summed E-state index contributed by atoms with van der Waals surface area (Å²) >= 11 is 19.0. The fraction of sp³-hybridized carbons (Fsp3) is 0.200. The van der Waals surface area contributed by atoms with Gasteiger partial charge in [0.1, 0.15) is 5.82 Å². The lowest BCUT2D eigenvalue weighted by Crippen LogP contribution is -2.26. The van der Waals surface area contributed by atoms with E-state index >= 15 is 0 Å². The Balaban J connectivity index is 1.47. The molecule has 3 rings (SSSR count). The van der Waals surface area contributed by atoms with Crippen LogP contribution in [0.1, 0.15) is 16.2 Å². The van der Waals surface area contributed by atoms with E-state index in [0.29, 0.717) is 50.3 Å². The van der Waals surface area contributed by atoms with Gasteiger partial charge in [0.15, 0.2) is 5.16 Å². The average molecular weight is 499 g/mol. The van der Waals surface area contributed by atoms with Crippen molar-refractivity contribution in [2.45, 2.75) is 11.6 Å². The zero-order valence-electron chi connectivity index (χ0n) is 16.4. The van der Waals surface area contributed by atoms with Gasteiger partial charge in [-0.3, -0.25) is 9.59 Å². The van der Waals surface area contributed by atoms with Crippen LogP contribution in [-0.4, -0.2) is 38.9 Å². The smallest absolute Gasteiger partial charge is 0.251 e. The van der Waals surface area contributed by atoms with E-state index < -0.39 is 0 Å². The minimum Gasteiger partial charge on any atom is -0.352 e. The molecule has 0 aliphatic carbocycles. The zero-order chi connectivity index (χ0) is 22.4. The lowest BCUT2D eigenvalue weighted by molar-refractivity contribution is -0.113. The van der Waals surface area contributed by atoms with Gasteiger partial charge in [0, 0.05) is 36.3 Å². The standard InChI is InChI=1S/C20H18Cl3N5O2S/c1-28-17(7-8-24-19(30)12-5-6-15(22)16(23)9-12)26-27-20(28)31-11-18(29)25-14-4-2-3-13(21)10-14/h2-6,9-10H,7-8,11H2,1H3,(H,24,30)(H,25,29). The molecular formula is C20H18Cl3N5O2S. The van der Waals surface area contributed by atoms with Gasteiger partial charge in [0.25, 0.3) is 5.91 Å². The molecule has 0 aliphatic heterocycles. The molecule has 0 unspecified atom stereocenters. The number of nitrogens with zero attached hydrogens (tertiary/aromatic N) is 3. The summed E-state index contributed by atoms with van der Waals surface area (Å²) in [5.41, 5.74) is 1.06. The van der Waals surface area contributed by atoms with E-state index in [2.05, 4.69) is 20.8 Å². The van der Waals surface area contributed by atoms with Crippen molar-refractivity contribution in [1.82, 2.24) is 20.1 Å². The molecule has 1 heterocycles. The summed E-state index contributed by atoms with van der Waals surface area (Å²) in [4.78, 5) is 24.4. The van der Waals surface area contributed by atoms with Crippen LogP contribution in [0.5, 0.6) is 0 Å². The maximum atomic E-state index is 12.2. The van der Waals surface area contributed by atoms with Crippen LogP contribution in [0.4, 0.5) is 5.69 Å². The second-order valence-corrected chi connectivity index (χ2v) is 8.63. The Morgan fingerprint density at radius 3 is 2.61 bits per heavy atom. The summed E-state index contributed by atoms with van der Waals surface area (Å²) in [6, 6.07) is 11.6. The van der Waals surface area contributed by atoms with Crippen molar-refractivity contribution in [2.24, 2.45) is 7.05 Å². The number of aromatic nitrogens is 3. The SMILES string of the molecule is Cn1c(CCNC(=O)c2ccc(Cl)c(Cl)c2)nnc1SCC(=O)Nc1cccc(Cl)c1. The Morgan fingerprint density at radius 2 is 1.87 bits per heavy atom. The summed E-state index contributed by atoms with van der Waals surface area (Å²) in [6.45, 7) is 0.366. The highest BCUT2D eigenvalue weighted by atomic mass is 35.5. The van der Waals surface area contributed by atoms with E-state index in [1.807, 2.05) is 7.05 Å². The van der Waals surface area contributed by atoms with E-state index in [1.165, 1.54) is 17.8 Å². The fourth-order valence-corrected chi connectivity index (χ4v) is 3.83. The highest BCUT2D eigenvalue weighted by molar-refractivity contribution is 7.99. The molecule has 7 nitrogen and oxygen atoms in total. The summed E-state index contributed by atoms with van der Waals surface area (Å²) in [6.07, 6.45) is 0.478. The third kappa shape index (κ3) is 6.61. The normalized spacial score (nSPS) is 10.7. The molecule has 0 radical (unpaired) electrons. The second-order valence-electron chi connectivity index (χ2n) is 6.44. The first-order chi connectivity index (χ1) is 14.8. The second kappa shape index (κ2) is 10.9. The molecule has 11 heteroatoms. The molecule has 0 saturated carbocycles. The third-order valence-electron chi connectivity index (χ3n) is 4.18. The first kappa shape index (κ1) is 23.4. The average Bonchev–Trinajstić information content (AvgIpc) is 3.08. The zero-order valence-corrected chi connectivity index (χ0v) is 19.4. The molecule has 31 heavy (non-hydrogen) atoms. The Labute approximate surface area is 198 Å². The van der Waals surface area contributed by atoms with Crippen molar-refractivity contribution >= 4 is 64.1 Å². The van der Waals surface area contributed by atoms with Gasteiger partial charge in [-0.2, -0.15) is 0 Å². The van der Waals surface area contributed by atoms with Crippen LogP contribution in [0.15, 0.2) is 47.6 Å². The maximum Gasteiger partial charge on any atom is 0.251 e. The number of nitrogens with one attached hydrogen (secondary N) is 2. The molecule has 1 aromatic heterocycles. The van der Waals surface area contributed by atoms with E-state index in [4.69, 9.17) is 34.8 Å². The quantitative estimate of drug-likeness (QED) is 0.447. The van der Waals surface area contributed by atoms with E-state index in [9.17, 15) is 9.59 Å². The number of rotatable bonds is 8. The summed E-state index contributed by atoms with van der Waals surface area (Å²) < 4.78 is 1.79. The predicted molar refractivity (Wildman–Crippen MR) is 124 cm³/mol. The number of carbonyl (C=O) groups is 2. The molecule has 0 spiro atoms. The van der Waals surface area contributed by atoms with Crippen molar-refractivity contribution < 1.29 is 9.59 Å². The van der Waals surface area contributed by atoms with Crippen LogP contribution in [0.25, 0.3) is 0 Å². The number of thioether (sulfide) groups is 1. The minimum atomic E-state index is -0.256. The molecule has 0 aliphatic rings. The highest BCUT2D eigenvalue weighted by Gasteiger charge is 2.13. The Morgan fingerprint density at radius 1 is 1.06 bits per heavy atom. The maximum absolute atomic E-state index is 12.2. The molecule has 0 fully saturated rings. The van der Waals surface area contributed by atoms with Crippen molar-refractivity contribution in [3.05, 3.63) is 68.9 Å². The van der Waals surface area contributed by atoms with Crippen molar-refractivity contribution in [2.75, 3.05) is 17.6 Å². The predicted octanol–water partition coefficient (Wildman–Crippen LogP) is 4.48. The van der Waals surface area contributed by atoms with E-state index in [1.54, 1.807) is 41.0 Å². The third-order valence-corrected chi connectivity index (χ3v) is 6.18. The van der Waals surface area contributed by atoms with Gasteiger partial charge in [-0.15, -0.1) is 10.2 Å². The van der Waals surface area contributed by atoms with Crippen LogP contribution in [0.2, 0.25) is 15.1 Å². The van der Waals surface area contributed by atoms with Gasteiger partial charge in [0.2, 0.25) is 5.91 Å². The monoisotopic (exact) mass is 497 g/mol. The van der Waals surface area contributed by atoms with Crippen molar-refractivity contribution in [3.8, 4) is 0 Å². The van der Waals surface area contributed by atoms with Gasteiger partial charge < -0.3 is 15.2 Å². The number of amides is 2. The minimum absolute atomic E-state index is 0.173. The lowest BCUT2D eigenvalue weighted by atomic mass is 10.2. The van der Waals surface area contributed by atoms with Gasteiger partial charge in [-0.25, -0.2) is 0 Å². The van der Waals surface area contributed by atoms with E-state index in [0.717, 1.165) is 0 Å². The number of carbonyl (C=O) groups excluding carboxylic acids is 2. The Kier molecular flexibility index (Phi) is 8.20. The molecule has 2 aromatic carbocycles. The van der Waals surface area contributed by atoms with Crippen LogP contribution in [0.3, 0.4) is 0 Å². The van der Waals surface area contributed by atoms with E-state index in [-0.39, 0.29) is 17.6 Å². The number of hydrogen-bond acceptors (Lipinski definition) is 5. The number of benzene rings is 2. The number of hydrogen-bond donors (Lipinski definition) is 2. The highest BCUT2D eigenvalue weighted by Crippen LogP contribution is 2.22. The molecule has 162 valence electrons. The summed E-state index contributed by atoms with van der Waals surface area (Å²) in [5, 5.41) is 15.7.